The molecule has 24 heavy (non-hydrogen) atoms. The summed E-state index contributed by atoms with van der Waals surface area (Å²) in [6.07, 6.45) is 4.48. The van der Waals surface area contributed by atoms with Gasteiger partial charge in [-0.2, -0.15) is 0 Å². The van der Waals surface area contributed by atoms with Crippen molar-refractivity contribution in [2.75, 3.05) is 19.6 Å². The largest absolute Gasteiger partial charge is 0.480 e. The lowest BCUT2D eigenvalue weighted by atomic mass is 10.0. The molecule has 0 bridgehead atoms. The fourth-order valence-electron chi connectivity index (χ4n) is 3.84. The smallest absolute Gasteiger partial charge is 0.325 e. The Labute approximate surface area is 141 Å². The Hall–Kier alpha value is -1.92. The molecule has 3 rings (SSSR count). The molecule has 2 fully saturated rings. The van der Waals surface area contributed by atoms with Crippen LogP contribution in [0.25, 0.3) is 0 Å². The first kappa shape index (κ1) is 16.9. The molecule has 1 amide bonds. The van der Waals surface area contributed by atoms with E-state index in [-0.39, 0.29) is 19.1 Å². The van der Waals surface area contributed by atoms with Gasteiger partial charge in [0.25, 0.3) is 0 Å². The summed E-state index contributed by atoms with van der Waals surface area (Å²) >= 11 is 0. The molecule has 1 unspecified atom stereocenters. The third-order valence-corrected chi connectivity index (χ3v) is 5.13. The summed E-state index contributed by atoms with van der Waals surface area (Å²) in [4.78, 5) is 28.0. The monoisotopic (exact) mass is 332 g/mol. The van der Waals surface area contributed by atoms with Crippen molar-refractivity contribution in [3.63, 3.8) is 0 Å². The number of carbonyl (C=O) groups is 2. The quantitative estimate of drug-likeness (QED) is 0.852. The van der Waals surface area contributed by atoms with Gasteiger partial charge >= 0.3 is 5.97 Å². The number of nitrogens with zero attached hydrogens (tertiary/aromatic N) is 2. The van der Waals surface area contributed by atoms with Crippen molar-refractivity contribution in [3.05, 3.63) is 35.4 Å². The van der Waals surface area contributed by atoms with Crippen LogP contribution >= 0.6 is 0 Å². The van der Waals surface area contributed by atoms with Crippen molar-refractivity contribution < 1.29 is 19.8 Å². The van der Waals surface area contributed by atoms with Crippen molar-refractivity contribution in [2.45, 2.75) is 44.4 Å². The molecule has 1 heterocycles. The Balaban J connectivity index is 1.73. The van der Waals surface area contributed by atoms with Crippen molar-refractivity contribution in [3.8, 4) is 0 Å². The van der Waals surface area contributed by atoms with E-state index in [0.29, 0.717) is 24.7 Å². The molecule has 1 saturated heterocycles. The van der Waals surface area contributed by atoms with E-state index in [9.17, 15) is 14.7 Å². The molecular weight excluding hydrogens is 308 g/mol. The first-order valence-electron chi connectivity index (χ1n) is 8.56. The average molecular weight is 332 g/mol. The zero-order chi connectivity index (χ0) is 17.1. The minimum atomic E-state index is -0.950. The highest BCUT2D eigenvalue weighted by Gasteiger charge is 2.36. The SMILES string of the molecule is O=C(O)C(c1ccc(CO)cc1)N1CCN(C2CCCC2)C(=O)C1. The van der Waals surface area contributed by atoms with Gasteiger partial charge in [-0.3, -0.25) is 14.5 Å². The van der Waals surface area contributed by atoms with Crippen molar-refractivity contribution in [2.24, 2.45) is 0 Å². The summed E-state index contributed by atoms with van der Waals surface area (Å²) in [5, 5.41) is 18.8. The Kier molecular flexibility index (Phi) is 5.16. The second-order valence-corrected chi connectivity index (χ2v) is 6.64. The first-order chi connectivity index (χ1) is 11.6. The van der Waals surface area contributed by atoms with Gasteiger partial charge in [0.1, 0.15) is 6.04 Å². The van der Waals surface area contributed by atoms with E-state index in [4.69, 9.17) is 5.11 Å². The van der Waals surface area contributed by atoms with Crippen LogP contribution in [0.15, 0.2) is 24.3 Å². The normalized spacial score (nSPS) is 21.2. The van der Waals surface area contributed by atoms with Crippen LogP contribution in [0.2, 0.25) is 0 Å². The molecular formula is C18H24N2O4. The summed E-state index contributed by atoms with van der Waals surface area (Å²) in [5.41, 5.74) is 1.38. The molecule has 130 valence electrons. The number of hydrogen-bond donors (Lipinski definition) is 2. The summed E-state index contributed by atoms with van der Waals surface area (Å²) in [6.45, 7) is 1.24. The van der Waals surface area contributed by atoms with Crippen LogP contribution in [-0.2, 0) is 16.2 Å². The second-order valence-electron chi connectivity index (χ2n) is 6.64. The van der Waals surface area contributed by atoms with Crippen LogP contribution in [0.4, 0.5) is 0 Å². The van der Waals surface area contributed by atoms with E-state index in [1.165, 1.54) is 12.8 Å². The fourth-order valence-corrected chi connectivity index (χ4v) is 3.84. The van der Waals surface area contributed by atoms with Gasteiger partial charge in [-0.1, -0.05) is 37.1 Å². The topological polar surface area (TPSA) is 81.1 Å². The number of amides is 1. The highest BCUT2D eigenvalue weighted by molar-refractivity contribution is 5.81. The molecule has 0 radical (unpaired) electrons. The molecule has 0 spiro atoms. The number of carboxylic acids is 1. The highest BCUT2D eigenvalue weighted by Crippen LogP contribution is 2.28. The number of carboxylic acid groups (broad SMARTS) is 1. The lowest BCUT2D eigenvalue weighted by Crippen LogP contribution is -2.55. The molecule has 1 aromatic carbocycles. The van der Waals surface area contributed by atoms with Gasteiger partial charge in [-0.05, 0) is 24.0 Å². The maximum atomic E-state index is 12.5. The molecule has 6 nitrogen and oxygen atoms in total. The Morgan fingerprint density at radius 3 is 2.38 bits per heavy atom. The van der Waals surface area contributed by atoms with Gasteiger partial charge < -0.3 is 15.1 Å². The molecule has 1 aliphatic carbocycles. The summed E-state index contributed by atoms with van der Waals surface area (Å²) in [7, 11) is 0. The van der Waals surface area contributed by atoms with Gasteiger partial charge in [0.05, 0.1) is 13.2 Å². The predicted octanol–water partition coefficient (Wildman–Crippen LogP) is 1.39. The molecule has 6 heteroatoms. The average Bonchev–Trinajstić information content (AvgIpc) is 3.10. The number of aliphatic hydroxyl groups is 1. The van der Waals surface area contributed by atoms with Crippen LogP contribution in [0.1, 0.15) is 42.9 Å². The summed E-state index contributed by atoms with van der Waals surface area (Å²) in [5.74, 6) is -0.916. The van der Waals surface area contributed by atoms with Crippen molar-refractivity contribution >= 4 is 11.9 Å². The van der Waals surface area contributed by atoms with Crippen LogP contribution in [0.3, 0.4) is 0 Å². The lowest BCUT2D eigenvalue weighted by molar-refractivity contribution is -0.148. The fraction of sp³-hybridized carbons (Fsp3) is 0.556. The van der Waals surface area contributed by atoms with E-state index in [2.05, 4.69) is 0 Å². The third kappa shape index (κ3) is 3.44. The van der Waals surface area contributed by atoms with Crippen LogP contribution < -0.4 is 0 Å². The minimum Gasteiger partial charge on any atom is -0.480 e. The molecule has 2 N–H and O–H groups in total. The zero-order valence-electron chi connectivity index (χ0n) is 13.7. The van der Waals surface area contributed by atoms with Gasteiger partial charge in [-0.15, -0.1) is 0 Å². The van der Waals surface area contributed by atoms with Crippen LogP contribution in [0.5, 0.6) is 0 Å². The Morgan fingerprint density at radius 1 is 1.17 bits per heavy atom. The zero-order valence-corrected chi connectivity index (χ0v) is 13.7. The van der Waals surface area contributed by atoms with E-state index in [0.717, 1.165) is 18.4 Å². The van der Waals surface area contributed by atoms with Crippen molar-refractivity contribution in [1.82, 2.24) is 9.80 Å². The van der Waals surface area contributed by atoms with E-state index in [1.807, 2.05) is 4.90 Å². The van der Waals surface area contributed by atoms with Crippen LogP contribution in [-0.4, -0.2) is 57.6 Å². The number of benzene rings is 1. The van der Waals surface area contributed by atoms with E-state index >= 15 is 0 Å². The maximum Gasteiger partial charge on any atom is 0.325 e. The number of piperazine rings is 1. The number of carbonyl (C=O) groups excluding carboxylic acids is 1. The maximum absolute atomic E-state index is 12.5. The molecule has 1 aliphatic heterocycles. The van der Waals surface area contributed by atoms with Gasteiger partial charge in [-0.25, -0.2) is 0 Å². The van der Waals surface area contributed by atoms with Crippen molar-refractivity contribution in [1.29, 1.82) is 0 Å². The summed E-state index contributed by atoms with van der Waals surface area (Å²) in [6, 6.07) is 6.40. The van der Waals surface area contributed by atoms with E-state index < -0.39 is 12.0 Å². The lowest BCUT2D eigenvalue weighted by Gasteiger charge is -2.40. The highest BCUT2D eigenvalue weighted by atomic mass is 16.4. The summed E-state index contributed by atoms with van der Waals surface area (Å²) < 4.78 is 0. The minimum absolute atomic E-state index is 0.0337. The Morgan fingerprint density at radius 2 is 1.83 bits per heavy atom. The Bertz CT molecular complexity index is 596. The van der Waals surface area contributed by atoms with Gasteiger partial charge in [0.15, 0.2) is 0 Å². The third-order valence-electron chi connectivity index (χ3n) is 5.13. The number of rotatable bonds is 5. The van der Waals surface area contributed by atoms with Crippen LogP contribution in [0, 0.1) is 0 Å². The van der Waals surface area contributed by atoms with E-state index in [1.54, 1.807) is 29.2 Å². The molecule has 2 aliphatic rings. The molecule has 0 aromatic heterocycles. The second kappa shape index (κ2) is 7.32. The number of aliphatic carboxylic acids is 1. The standard InChI is InChI=1S/C18H24N2O4/c21-12-13-5-7-14(8-6-13)17(18(23)24)19-9-10-20(16(22)11-19)15-3-1-2-4-15/h5-8,15,17,21H,1-4,9-12H2,(H,23,24). The number of aliphatic hydroxyl groups excluding tert-OH is 1. The molecule has 1 atom stereocenters. The number of hydrogen-bond acceptors (Lipinski definition) is 4. The molecule has 1 aromatic rings. The van der Waals surface area contributed by atoms with Gasteiger partial charge in [0.2, 0.25) is 5.91 Å². The molecule has 1 saturated carbocycles. The predicted molar refractivity (Wildman–Crippen MR) is 88.3 cm³/mol. The first-order valence-corrected chi connectivity index (χ1v) is 8.56. The van der Waals surface area contributed by atoms with Gasteiger partial charge in [0, 0.05) is 19.1 Å².